The van der Waals surface area contributed by atoms with Gasteiger partial charge in [0.1, 0.15) is 0 Å². The maximum atomic E-state index is 13.0. The van der Waals surface area contributed by atoms with Crippen LogP contribution in [-0.4, -0.2) is 68.5 Å². The third kappa shape index (κ3) is 4.90. The molecule has 3 rings (SSSR count). The third-order valence-corrected chi connectivity index (χ3v) is 6.79. The lowest BCUT2D eigenvalue weighted by Crippen LogP contribution is -2.30. The Morgan fingerprint density at radius 3 is 2.60 bits per heavy atom. The summed E-state index contributed by atoms with van der Waals surface area (Å²) in [6.45, 7) is 7.62. The second kappa shape index (κ2) is 9.13. The Kier molecular flexibility index (Phi) is 6.95. The van der Waals surface area contributed by atoms with Crippen molar-refractivity contribution in [2.45, 2.75) is 57.9 Å². The molecule has 0 radical (unpaired) electrons. The summed E-state index contributed by atoms with van der Waals surface area (Å²) in [5.41, 5.74) is 5.76. The number of H-pyrrole nitrogens is 1. The number of anilines is 1. The third-order valence-electron chi connectivity index (χ3n) is 4.48. The highest BCUT2D eigenvalue weighted by atomic mass is 31.2. The van der Waals surface area contributed by atoms with Gasteiger partial charge in [0.15, 0.2) is 17.0 Å². The molecule has 30 heavy (non-hydrogen) atoms. The van der Waals surface area contributed by atoms with E-state index in [0.29, 0.717) is 18.7 Å². The van der Waals surface area contributed by atoms with Gasteiger partial charge in [-0.1, -0.05) is 0 Å². The summed E-state index contributed by atoms with van der Waals surface area (Å²) in [7, 11) is -3.79. The van der Waals surface area contributed by atoms with E-state index in [1.807, 2.05) is 0 Å². The first-order valence-electron chi connectivity index (χ1n) is 9.80. The monoisotopic (exact) mass is 444 g/mol. The van der Waals surface area contributed by atoms with Gasteiger partial charge in [-0.2, -0.15) is 4.98 Å². The zero-order valence-corrected chi connectivity index (χ0v) is 18.3. The predicted octanol–water partition coefficient (Wildman–Crippen LogP) is 0.593. The van der Waals surface area contributed by atoms with Gasteiger partial charge in [0, 0.05) is 13.1 Å². The van der Waals surface area contributed by atoms with Crippen LogP contribution in [-0.2, 0) is 18.3 Å². The van der Waals surface area contributed by atoms with Crippen LogP contribution >= 0.6 is 7.60 Å². The Labute approximate surface area is 173 Å². The molecule has 0 bridgehead atoms. The number of aromatic amines is 1. The Bertz CT molecular complexity index is 961. The normalized spacial score (nSPS) is 21.2. The van der Waals surface area contributed by atoms with Gasteiger partial charge >= 0.3 is 7.60 Å². The molecule has 1 fully saturated rings. The first-order chi connectivity index (χ1) is 14.1. The minimum Gasteiger partial charge on any atom is -0.378 e. The average molecular weight is 444 g/mol. The number of hydrogen-bond donors (Lipinski definition) is 4. The van der Waals surface area contributed by atoms with E-state index in [0.717, 1.165) is 0 Å². The van der Waals surface area contributed by atoms with E-state index in [4.69, 9.17) is 19.5 Å². The molecule has 0 aromatic carbocycles. The Morgan fingerprint density at radius 2 is 1.97 bits per heavy atom. The molecule has 13 heteroatoms. The summed E-state index contributed by atoms with van der Waals surface area (Å²) in [5.74, 6) is -1.45. The van der Waals surface area contributed by atoms with Gasteiger partial charge in [0.2, 0.25) is 5.95 Å². The fraction of sp³-hybridized carbons (Fsp3) is 0.706. The zero-order valence-electron chi connectivity index (χ0n) is 17.4. The van der Waals surface area contributed by atoms with Crippen LogP contribution < -0.4 is 16.6 Å². The maximum Gasteiger partial charge on any atom is 0.361 e. The number of fused-ring (bicyclic) bond motifs is 1. The van der Waals surface area contributed by atoms with E-state index >= 15 is 0 Å². The number of nitrogens with zero attached hydrogens (tertiary/aromatic N) is 3. The van der Waals surface area contributed by atoms with Crippen molar-refractivity contribution in [3.8, 4) is 0 Å². The highest BCUT2D eigenvalue weighted by molar-refractivity contribution is 7.54. The van der Waals surface area contributed by atoms with Gasteiger partial charge in [-0.3, -0.25) is 14.3 Å². The molecular formula is C17H29N6O6P. The number of nitrogens with one attached hydrogen (secondary N) is 2. The first kappa shape index (κ1) is 22.9. The van der Waals surface area contributed by atoms with E-state index in [1.165, 1.54) is 6.33 Å². The molecular weight excluding hydrogens is 415 g/mol. The fourth-order valence-corrected chi connectivity index (χ4v) is 5.10. The van der Waals surface area contributed by atoms with E-state index in [2.05, 4.69) is 20.3 Å². The molecule has 2 aromatic heterocycles. The molecule has 0 aliphatic carbocycles. The fourth-order valence-electron chi connectivity index (χ4n) is 3.33. The second-order valence-electron chi connectivity index (χ2n) is 7.70. The maximum absolute atomic E-state index is 13.0. The van der Waals surface area contributed by atoms with Crippen LogP contribution in [0, 0.1) is 0 Å². The van der Waals surface area contributed by atoms with Gasteiger partial charge < -0.3 is 34.5 Å². The Morgan fingerprint density at radius 1 is 1.30 bits per heavy atom. The molecule has 168 valence electrons. The number of rotatable bonds is 9. The number of hydrogen-bond acceptors (Lipinski definition) is 10. The second-order valence-corrected chi connectivity index (χ2v) is 9.80. The zero-order chi connectivity index (χ0) is 22.1. The van der Waals surface area contributed by atoms with Crippen molar-refractivity contribution in [1.82, 2.24) is 24.8 Å². The number of aromatic nitrogens is 4. The van der Waals surface area contributed by atoms with Gasteiger partial charge in [0.05, 0.1) is 37.3 Å². The summed E-state index contributed by atoms with van der Waals surface area (Å²) in [6, 6.07) is -0.257. The van der Waals surface area contributed by atoms with Crippen molar-refractivity contribution in [2.75, 3.05) is 25.4 Å². The molecule has 1 saturated heterocycles. The van der Waals surface area contributed by atoms with Crippen LogP contribution in [0.3, 0.4) is 0 Å². The number of imidazole rings is 1. The first-order valence-corrected chi connectivity index (χ1v) is 11.4. The summed E-state index contributed by atoms with van der Waals surface area (Å²) in [4.78, 5) is 22.7. The lowest BCUT2D eigenvalue weighted by molar-refractivity contribution is -0.00600. The van der Waals surface area contributed by atoms with Gasteiger partial charge in [0.25, 0.3) is 5.56 Å². The highest BCUT2D eigenvalue weighted by Gasteiger charge is 2.39. The summed E-state index contributed by atoms with van der Waals surface area (Å²) >= 11 is 0. The smallest absolute Gasteiger partial charge is 0.361 e. The summed E-state index contributed by atoms with van der Waals surface area (Å²) < 4.78 is 31.5. The lowest BCUT2D eigenvalue weighted by atomic mass is 10.2. The van der Waals surface area contributed by atoms with E-state index in [9.17, 15) is 14.5 Å². The Balaban J connectivity index is 1.75. The number of nitrogen functional groups attached to an aromatic ring is 1. The van der Waals surface area contributed by atoms with Crippen LogP contribution in [0.1, 0.15) is 33.7 Å². The van der Waals surface area contributed by atoms with Crippen LogP contribution in [0.5, 0.6) is 0 Å². The number of nitrogens with two attached hydrogens (primary N) is 1. The van der Waals surface area contributed by atoms with Crippen molar-refractivity contribution >= 4 is 24.7 Å². The average Bonchev–Trinajstić information content (AvgIpc) is 3.24. The Hall–Kier alpha value is -1.82. The molecule has 0 spiro atoms. The van der Waals surface area contributed by atoms with Crippen LogP contribution in [0.25, 0.3) is 11.2 Å². The molecule has 0 saturated carbocycles. The molecule has 5 N–H and O–H groups in total. The highest BCUT2D eigenvalue weighted by Crippen LogP contribution is 2.54. The quantitative estimate of drug-likeness (QED) is 0.402. The summed E-state index contributed by atoms with van der Waals surface area (Å²) in [6.07, 6.45) is 0.325. The molecule has 1 aliphatic heterocycles. The van der Waals surface area contributed by atoms with Crippen molar-refractivity contribution in [3.05, 3.63) is 16.7 Å². The van der Waals surface area contributed by atoms with Crippen LogP contribution in [0.15, 0.2) is 11.1 Å². The number of aliphatic hydroxyl groups is 1. The lowest BCUT2D eigenvalue weighted by Gasteiger charge is -2.28. The molecule has 12 nitrogen and oxygen atoms in total. The number of ether oxygens (including phenoxy) is 1. The standard InChI is InChI=1S/C17H29N6O6P/c1-9(2)28-30(26,29-10(3)4)13(24)7-27-12-6-19-5-11(12)23-8-20-14-15(23)21-17(18)22-16(14)25/h8-13,19,24H,5-7H2,1-4H3,(H3,18,21,22,25)/t11-,12+,13?/m1/s1. The molecule has 0 amide bonds. The molecule has 2 aromatic rings. The van der Waals surface area contributed by atoms with Crippen molar-refractivity contribution in [2.24, 2.45) is 0 Å². The SMILES string of the molecule is CC(C)OP(=O)(OC(C)C)C(O)CO[C@H]1CNC[C@H]1n1cnc2c(=O)[nH]c(N)nc21. The van der Waals surface area contributed by atoms with Gasteiger partial charge in [-0.25, -0.2) is 4.98 Å². The van der Waals surface area contributed by atoms with Crippen LogP contribution in [0.4, 0.5) is 5.95 Å². The van der Waals surface area contributed by atoms with Crippen molar-refractivity contribution in [1.29, 1.82) is 0 Å². The topological polar surface area (TPSA) is 167 Å². The predicted molar refractivity (Wildman–Crippen MR) is 110 cm³/mol. The minimum absolute atomic E-state index is 0.00861. The molecule has 3 heterocycles. The van der Waals surface area contributed by atoms with Crippen molar-refractivity contribution in [3.63, 3.8) is 0 Å². The molecule has 1 aliphatic rings. The van der Waals surface area contributed by atoms with Gasteiger partial charge in [-0.15, -0.1) is 0 Å². The van der Waals surface area contributed by atoms with E-state index < -0.39 is 37.3 Å². The minimum atomic E-state index is -3.79. The van der Waals surface area contributed by atoms with Gasteiger partial charge in [-0.05, 0) is 27.7 Å². The largest absolute Gasteiger partial charge is 0.378 e. The van der Waals surface area contributed by atoms with E-state index in [1.54, 1.807) is 32.3 Å². The number of aliphatic hydroxyl groups excluding tert-OH is 1. The molecule has 3 atom stereocenters. The summed E-state index contributed by atoms with van der Waals surface area (Å²) in [5, 5.41) is 13.7. The van der Waals surface area contributed by atoms with E-state index in [-0.39, 0.29) is 24.1 Å². The van der Waals surface area contributed by atoms with Crippen LogP contribution in [0.2, 0.25) is 0 Å². The van der Waals surface area contributed by atoms with Crippen molar-refractivity contribution < 1.29 is 23.5 Å². The molecule has 1 unspecified atom stereocenters.